The Labute approximate surface area is 189 Å². The SMILES string of the molecule is COc1cccc(CC(=O)N2CCN(C(C)C(=O)N(CCC#N)c3ccccc3)CC2)c1. The highest BCUT2D eigenvalue weighted by atomic mass is 16.5. The number of para-hydroxylation sites is 1. The van der Waals surface area contributed by atoms with E-state index in [0.717, 1.165) is 17.0 Å². The van der Waals surface area contributed by atoms with Crippen LogP contribution in [-0.2, 0) is 16.0 Å². The Kier molecular flexibility index (Phi) is 8.23. The molecule has 2 aromatic rings. The van der Waals surface area contributed by atoms with Gasteiger partial charge in [-0.25, -0.2) is 0 Å². The lowest BCUT2D eigenvalue weighted by atomic mass is 10.1. The van der Waals surface area contributed by atoms with E-state index in [4.69, 9.17) is 10.00 Å². The summed E-state index contributed by atoms with van der Waals surface area (Å²) < 4.78 is 5.24. The maximum atomic E-state index is 13.2. The summed E-state index contributed by atoms with van der Waals surface area (Å²) in [6.07, 6.45) is 0.613. The van der Waals surface area contributed by atoms with Gasteiger partial charge in [-0.3, -0.25) is 14.5 Å². The number of amides is 2. The van der Waals surface area contributed by atoms with Crippen molar-refractivity contribution in [3.8, 4) is 11.8 Å². The average Bonchev–Trinajstić information content (AvgIpc) is 2.84. The Morgan fingerprint density at radius 3 is 2.47 bits per heavy atom. The number of rotatable bonds is 8. The van der Waals surface area contributed by atoms with Crippen molar-refractivity contribution in [1.29, 1.82) is 5.26 Å². The largest absolute Gasteiger partial charge is 0.497 e. The van der Waals surface area contributed by atoms with Crippen molar-refractivity contribution >= 4 is 17.5 Å². The predicted octanol–water partition coefficient (Wildman–Crippen LogP) is 2.72. The van der Waals surface area contributed by atoms with Gasteiger partial charge in [0.05, 0.1) is 32.1 Å². The van der Waals surface area contributed by atoms with Gasteiger partial charge in [0.25, 0.3) is 0 Å². The monoisotopic (exact) mass is 434 g/mol. The van der Waals surface area contributed by atoms with Gasteiger partial charge in [-0.15, -0.1) is 0 Å². The van der Waals surface area contributed by atoms with Crippen LogP contribution in [0.3, 0.4) is 0 Å². The summed E-state index contributed by atoms with van der Waals surface area (Å²) in [5.41, 5.74) is 1.73. The van der Waals surface area contributed by atoms with Crippen molar-refractivity contribution in [2.45, 2.75) is 25.8 Å². The number of hydrogen-bond acceptors (Lipinski definition) is 5. The average molecular weight is 435 g/mol. The molecular weight excluding hydrogens is 404 g/mol. The van der Waals surface area contributed by atoms with Crippen molar-refractivity contribution in [2.24, 2.45) is 0 Å². The molecule has 7 nitrogen and oxygen atoms in total. The molecule has 1 fully saturated rings. The third-order valence-electron chi connectivity index (χ3n) is 5.84. The summed E-state index contributed by atoms with van der Waals surface area (Å²) in [4.78, 5) is 31.7. The fourth-order valence-corrected chi connectivity index (χ4v) is 3.95. The molecule has 7 heteroatoms. The highest BCUT2D eigenvalue weighted by molar-refractivity contribution is 5.97. The van der Waals surface area contributed by atoms with E-state index in [9.17, 15) is 9.59 Å². The molecule has 0 spiro atoms. The Bertz CT molecular complexity index is 949. The molecule has 2 amide bonds. The number of benzene rings is 2. The highest BCUT2D eigenvalue weighted by Gasteiger charge is 2.30. The van der Waals surface area contributed by atoms with Crippen LogP contribution in [0.15, 0.2) is 54.6 Å². The lowest BCUT2D eigenvalue weighted by Gasteiger charge is -2.39. The fourth-order valence-electron chi connectivity index (χ4n) is 3.95. The fraction of sp³-hybridized carbons (Fsp3) is 0.400. The Balaban J connectivity index is 1.57. The van der Waals surface area contributed by atoms with Gasteiger partial charge in [0.15, 0.2) is 0 Å². The summed E-state index contributed by atoms with van der Waals surface area (Å²) in [5, 5.41) is 9.00. The van der Waals surface area contributed by atoms with Crippen LogP contribution in [0.2, 0.25) is 0 Å². The molecule has 1 saturated heterocycles. The van der Waals surface area contributed by atoms with Crippen LogP contribution in [0.1, 0.15) is 18.9 Å². The molecule has 0 saturated carbocycles. The molecule has 1 unspecified atom stereocenters. The molecule has 1 heterocycles. The van der Waals surface area contributed by atoms with Gasteiger partial charge < -0.3 is 14.5 Å². The summed E-state index contributed by atoms with van der Waals surface area (Å²) in [6.45, 7) is 4.71. The number of nitrogens with zero attached hydrogens (tertiary/aromatic N) is 4. The maximum absolute atomic E-state index is 13.2. The summed E-state index contributed by atoms with van der Waals surface area (Å²) in [5.74, 6) is 0.797. The first-order valence-electron chi connectivity index (χ1n) is 10.9. The summed E-state index contributed by atoms with van der Waals surface area (Å²) in [6, 6.07) is 18.8. The van der Waals surface area contributed by atoms with Gasteiger partial charge in [-0.2, -0.15) is 5.26 Å². The molecule has 0 aliphatic carbocycles. The van der Waals surface area contributed by atoms with Crippen LogP contribution in [0, 0.1) is 11.3 Å². The number of piperazine rings is 1. The molecule has 0 N–H and O–H groups in total. The molecule has 0 aromatic heterocycles. The van der Waals surface area contributed by atoms with E-state index in [2.05, 4.69) is 11.0 Å². The Morgan fingerprint density at radius 1 is 1.09 bits per heavy atom. The maximum Gasteiger partial charge on any atom is 0.244 e. The predicted molar refractivity (Wildman–Crippen MR) is 123 cm³/mol. The van der Waals surface area contributed by atoms with E-state index in [1.165, 1.54) is 0 Å². The smallest absolute Gasteiger partial charge is 0.244 e. The number of nitriles is 1. The summed E-state index contributed by atoms with van der Waals surface area (Å²) in [7, 11) is 1.61. The van der Waals surface area contributed by atoms with E-state index in [1.807, 2.05) is 66.4 Å². The minimum atomic E-state index is -0.329. The van der Waals surface area contributed by atoms with Crippen molar-refractivity contribution < 1.29 is 14.3 Å². The normalized spacial score (nSPS) is 15.0. The van der Waals surface area contributed by atoms with E-state index in [-0.39, 0.29) is 24.3 Å². The molecular formula is C25H30N4O3. The van der Waals surface area contributed by atoms with Gasteiger partial charge in [0.2, 0.25) is 11.8 Å². The van der Waals surface area contributed by atoms with Crippen LogP contribution < -0.4 is 9.64 Å². The Hall–Kier alpha value is -3.37. The molecule has 0 bridgehead atoms. The third kappa shape index (κ3) is 5.86. The van der Waals surface area contributed by atoms with Gasteiger partial charge in [-0.05, 0) is 36.8 Å². The van der Waals surface area contributed by atoms with E-state index < -0.39 is 0 Å². The van der Waals surface area contributed by atoms with Crippen LogP contribution >= 0.6 is 0 Å². The van der Waals surface area contributed by atoms with Crippen LogP contribution in [0.5, 0.6) is 5.75 Å². The van der Waals surface area contributed by atoms with E-state index in [1.54, 1.807) is 12.0 Å². The second kappa shape index (κ2) is 11.3. The topological polar surface area (TPSA) is 76.9 Å². The second-order valence-electron chi connectivity index (χ2n) is 7.85. The molecule has 1 atom stereocenters. The number of carbonyl (C=O) groups excluding carboxylic acids is 2. The summed E-state index contributed by atoms with van der Waals surface area (Å²) >= 11 is 0. The van der Waals surface area contributed by atoms with Gasteiger partial charge in [0, 0.05) is 38.4 Å². The van der Waals surface area contributed by atoms with Crippen molar-refractivity contribution in [3.05, 3.63) is 60.2 Å². The van der Waals surface area contributed by atoms with Gasteiger partial charge in [-0.1, -0.05) is 30.3 Å². The first-order valence-corrected chi connectivity index (χ1v) is 10.9. The number of methoxy groups -OCH3 is 1. The van der Waals surface area contributed by atoms with Crippen LogP contribution in [0.25, 0.3) is 0 Å². The molecule has 1 aliphatic rings. The lowest BCUT2D eigenvalue weighted by Crippen LogP contribution is -2.56. The zero-order chi connectivity index (χ0) is 22.9. The standard InChI is InChI=1S/C25H30N4O3/c1-20(25(31)29(13-7-12-26)22-9-4-3-5-10-22)27-14-16-28(17-15-27)24(30)19-21-8-6-11-23(18-21)32-2/h3-6,8-11,18,20H,7,13-17,19H2,1-2H3. The quantitative estimate of drug-likeness (QED) is 0.639. The van der Waals surface area contributed by atoms with Gasteiger partial charge >= 0.3 is 0 Å². The van der Waals surface area contributed by atoms with E-state index in [0.29, 0.717) is 39.1 Å². The molecule has 168 valence electrons. The lowest BCUT2D eigenvalue weighted by molar-refractivity contribution is -0.133. The minimum absolute atomic E-state index is 0.0254. The molecule has 32 heavy (non-hydrogen) atoms. The Morgan fingerprint density at radius 2 is 1.81 bits per heavy atom. The molecule has 2 aromatic carbocycles. The zero-order valence-electron chi connectivity index (χ0n) is 18.7. The van der Waals surface area contributed by atoms with Crippen molar-refractivity contribution in [3.63, 3.8) is 0 Å². The number of hydrogen-bond donors (Lipinski definition) is 0. The van der Waals surface area contributed by atoms with Crippen LogP contribution in [0.4, 0.5) is 5.69 Å². The van der Waals surface area contributed by atoms with Crippen molar-refractivity contribution in [2.75, 3.05) is 44.7 Å². The number of carbonyl (C=O) groups is 2. The number of ether oxygens (including phenoxy) is 1. The van der Waals surface area contributed by atoms with Crippen LogP contribution in [-0.4, -0.2) is 67.5 Å². The molecule has 0 radical (unpaired) electrons. The number of anilines is 1. The van der Waals surface area contributed by atoms with Gasteiger partial charge in [0.1, 0.15) is 5.75 Å². The van der Waals surface area contributed by atoms with Crippen molar-refractivity contribution in [1.82, 2.24) is 9.80 Å². The zero-order valence-corrected chi connectivity index (χ0v) is 18.7. The molecule has 3 rings (SSSR count). The third-order valence-corrected chi connectivity index (χ3v) is 5.84. The highest BCUT2D eigenvalue weighted by Crippen LogP contribution is 2.19. The second-order valence-corrected chi connectivity index (χ2v) is 7.85. The first-order chi connectivity index (χ1) is 15.5. The van der Waals surface area contributed by atoms with E-state index >= 15 is 0 Å². The minimum Gasteiger partial charge on any atom is -0.497 e. The first kappa shape index (κ1) is 23.3. The molecule has 1 aliphatic heterocycles.